The van der Waals surface area contributed by atoms with Crippen LogP contribution in [0.15, 0.2) is 29.4 Å². The van der Waals surface area contributed by atoms with Gasteiger partial charge in [-0.15, -0.1) is 5.06 Å². The Kier molecular flexibility index (Phi) is 4.53. The Balaban J connectivity index is 1.85. The van der Waals surface area contributed by atoms with Gasteiger partial charge in [0.05, 0.1) is 6.42 Å². The lowest BCUT2D eigenvalue weighted by atomic mass is 10.1. The van der Waals surface area contributed by atoms with E-state index in [-0.39, 0.29) is 19.3 Å². The lowest BCUT2D eigenvalue weighted by Crippen LogP contribution is -2.32. The molecule has 0 saturated carbocycles. The molecule has 1 aromatic carbocycles. The first kappa shape index (κ1) is 14.5. The number of carbonyl (C=O) groups excluding carboxylic acids is 3. The van der Waals surface area contributed by atoms with E-state index in [0.29, 0.717) is 17.2 Å². The van der Waals surface area contributed by atoms with Gasteiger partial charge in [0.2, 0.25) is 0 Å². The van der Waals surface area contributed by atoms with E-state index in [1.807, 2.05) is 0 Å². The number of benzene rings is 1. The molecule has 1 aliphatic rings. The highest BCUT2D eigenvalue weighted by Gasteiger charge is 2.32. The molecule has 2 amide bonds. The fourth-order valence-electron chi connectivity index (χ4n) is 1.83. The van der Waals surface area contributed by atoms with Crippen LogP contribution in [0.1, 0.15) is 24.8 Å². The molecule has 0 unspecified atom stereocenters. The number of aryl methyl sites for hydroxylation is 1. The van der Waals surface area contributed by atoms with Crippen LogP contribution < -0.4 is 0 Å². The summed E-state index contributed by atoms with van der Waals surface area (Å²) in [5.74, 6) is -1.63. The molecule has 8 heteroatoms. The molecule has 1 aliphatic heterocycles. The van der Waals surface area contributed by atoms with Crippen molar-refractivity contribution in [2.75, 3.05) is 0 Å². The first-order valence-electron chi connectivity index (χ1n) is 6.31. The molecule has 1 saturated heterocycles. The standard InChI is InChI=1S/C13H12N4O4/c14-16-15-10-4-1-9(2-5-10)3-8-13(20)21-17-11(18)6-7-12(17)19/h1-2,4-5H,3,6-8H2. The number of rotatable bonds is 5. The molecule has 1 aromatic rings. The molecule has 0 radical (unpaired) electrons. The summed E-state index contributed by atoms with van der Waals surface area (Å²) < 4.78 is 0. The van der Waals surface area contributed by atoms with Crippen LogP contribution in [0.4, 0.5) is 5.69 Å². The number of nitrogens with zero attached hydrogens (tertiary/aromatic N) is 4. The molecule has 0 spiro atoms. The largest absolute Gasteiger partial charge is 0.333 e. The molecular weight excluding hydrogens is 276 g/mol. The zero-order chi connectivity index (χ0) is 15.2. The Labute approximate surface area is 119 Å². The van der Waals surface area contributed by atoms with Crippen LogP contribution in [0.25, 0.3) is 10.4 Å². The second-order valence-electron chi connectivity index (χ2n) is 4.40. The summed E-state index contributed by atoms with van der Waals surface area (Å²) >= 11 is 0. The molecule has 108 valence electrons. The summed E-state index contributed by atoms with van der Waals surface area (Å²) in [4.78, 5) is 41.6. The molecule has 2 rings (SSSR count). The Bertz CT molecular complexity index is 604. The number of hydroxylamine groups is 2. The van der Waals surface area contributed by atoms with Crippen LogP contribution in [0.3, 0.4) is 0 Å². The smallest absolute Gasteiger partial charge is 0.330 e. The highest BCUT2D eigenvalue weighted by Crippen LogP contribution is 2.16. The van der Waals surface area contributed by atoms with Crippen LogP contribution >= 0.6 is 0 Å². The second kappa shape index (κ2) is 6.53. The van der Waals surface area contributed by atoms with Crippen LogP contribution in [-0.4, -0.2) is 22.8 Å². The SMILES string of the molecule is [N-]=[N+]=Nc1ccc(CCC(=O)ON2C(=O)CCC2=O)cc1. The number of carbonyl (C=O) groups is 3. The summed E-state index contributed by atoms with van der Waals surface area (Å²) in [5, 5.41) is 3.97. The van der Waals surface area contributed by atoms with Gasteiger partial charge in [0.25, 0.3) is 11.8 Å². The van der Waals surface area contributed by atoms with E-state index in [1.54, 1.807) is 24.3 Å². The van der Waals surface area contributed by atoms with E-state index in [1.165, 1.54) is 0 Å². The average molecular weight is 288 g/mol. The molecule has 0 atom stereocenters. The normalized spacial score (nSPS) is 14.0. The Morgan fingerprint density at radius 3 is 2.43 bits per heavy atom. The minimum absolute atomic E-state index is 0.0396. The van der Waals surface area contributed by atoms with E-state index in [9.17, 15) is 14.4 Å². The van der Waals surface area contributed by atoms with Gasteiger partial charge in [0.15, 0.2) is 0 Å². The number of azide groups is 1. The fourth-order valence-corrected chi connectivity index (χ4v) is 1.83. The minimum Gasteiger partial charge on any atom is -0.330 e. The fraction of sp³-hybridized carbons (Fsp3) is 0.308. The lowest BCUT2D eigenvalue weighted by molar-refractivity contribution is -0.197. The molecule has 0 aliphatic carbocycles. The molecule has 0 aromatic heterocycles. The van der Waals surface area contributed by atoms with Gasteiger partial charge in [-0.05, 0) is 17.5 Å². The van der Waals surface area contributed by atoms with Crippen molar-refractivity contribution in [2.45, 2.75) is 25.7 Å². The van der Waals surface area contributed by atoms with Crippen molar-refractivity contribution in [3.63, 3.8) is 0 Å². The predicted molar refractivity (Wildman–Crippen MR) is 70.7 cm³/mol. The number of amides is 2. The molecule has 1 heterocycles. The highest BCUT2D eigenvalue weighted by molar-refractivity contribution is 6.01. The highest BCUT2D eigenvalue weighted by atomic mass is 16.7. The number of hydrogen-bond acceptors (Lipinski definition) is 5. The van der Waals surface area contributed by atoms with E-state index >= 15 is 0 Å². The average Bonchev–Trinajstić information content (AvgIpc) is 2.79. The number of imide groups is 1. The van der Waals surface area contributed by atoms with Gasteiger partial charge in [-0.3, -0.25) is 9.59 Å². The third-order valence-electron chi connectivity index (χ3n) is 2.91. The molecular formula is C13H12N4O4. The lowest BCUT2D eigenvalue weighted by Gasteiger charge is -2.12. The van der Waals surface area contributed by atoms with Gasteiger partial charge >= 0.3 is 5.97 Å². The van der Waals surface area contributed by atoms with Gasteiger partial charge in [0, 0.05) is 23.4 Å². The summed E-state index contributed by atoms with van der Waals surface area (Å²) in [6.07, 6.45) is 0.587. The van der Waals surface area contributed by atoms with Crippen molar-refractivity contribution >= 4 is 23.5 Å². The van der Waals surface area contributed by atoms with Crippen molar-refractivity contribution in [3.8, 4) is 0 Å². The Morgan fingerprint density at radius 2 is 1.86 bits per heavy atom. The monoisotopic (exact) mass is 288 g/mol. The van der Waals surface area contributed by atoms with Crippen LogP contribution in [0.5, 0.6) is 0 Å². The summed E-state index contributed by atoms with van der Waals surface area (Å²) in [6, 6.07) is 6.72. The minimum atomic E-state index is -0.641. The quantitative estimate of drug-likeness (QED) is 0.357. The molecule has 21 heavy (non-hydrogen) atoms. The molecule has 0 bridgehead atoms. The first-order valence-corrected chi connectivity index (χ1v) is 6.31. The van der Waals surface area contributed by atoms with Gasteiger partial charge < -0.3 is 4.84 Å². The third kappa shape index (κ3) is 3.80. The summed E-state index contributed by atoms with van der Waals surface area (Å²) in [6.45, 7) is 0. The van der Waals surface area contributed by atoms with Crippen molar-refractivity contribution < 1.29 is 19.2 Å². The van der Waals surface area contributed by atoms with Crippen molar-refractivity contribution in [2.24, 2.45) is 5.11 Å². The maximum Gasteiger partial charge on any atom is 0.333 e. The van der Waals surface area contributed by atoms with Crippen molar-refractivity contribution in [3.05, 3.63) is 40.3 Å². The molecule has 1 fully saturated rings. The maximum absolute atomic E-state index is 11.6. The third-order valence-corrected chi connectivity index (χ3v) is 2.91. The molecule has 0 N–H and O–H groups in total. The van der Waals surface area contributed by atoms with E-state index in [0.717, 1.165) is 5.56 Å². The van der Waals surface area contributed by atoms with E-state index in [4.69, 9.17) is 10.4 Å². The van der Waals surface area contributed by atoms with Crippen LogP contribution in [-0.2, 0) is 25.6 Å². The van der Waals surface area contributed by atoms with Crippen molar-refractivity contribution in [1.82, 2.24) is 5.06 Å². The van der Waals surface area contributed by atoms with Crippen LogP contribution in [0.2, 0.25) is 0 Å². The summed E-state index contributed by atoms with van der Waals surface area (Å²) in [7, 11) is 0. The van der Waals surface area contributed by atoms with E-state index in [2.05, 4.69) is 10.0 Å². The van der Waals surface area contributed by atoms with Crippen LogP contribution in [0, 0.1) is 0 Å². The second-order valence-corrected chi connectivity index (χ2v) is 4.40. The van der Waals surface area contributed by atoms with Gasteiger partial charge in [-0.2, -0.15) is 0 Å². The number of hydrogen-bond donors (Lipinski definition) is 0. The Hall–Kier alpha value is -2.86. The zero-order valence-electron chi connectivity index (χ0n) is 11.1. The topological polar surface area (TPSA) is 112 Å². The zero-order valence-corrected chi connectivity index (χ0v) is 11.1. The maximum atomic E-state index is 11.6. The Morgan fingerprint density at radius 1 is 1.24 bits per heavy atom. The van der Waals surface area contributed by atoms with Gasteiger partial charge in [-0.1, -0.05) is 29.4 Å². The summed E-state index contributed by atoms with van der Waals surface area (Å²) in [5.41, 5.74) is 9.61. The predicted octanol–water partition coefficient (Wildman–Crippen LogP) is 2.17. The van der Waals surface area contributed by atoms with Gasteiger partial charge in [-0.25, -0.2) is 4.79 Å². The van der Waals surface area contributed by atoms with Crippen molar-refractivity contribution in [1.29, 1.82) is 0 Å². The first-order chi connectivity index (χ1) is 10.1. The van der Waals surface area contributed by atoms with E-state index < -0.39 is 17.8 Å². The van der Waals surface area contributed by atoms with Gasteiger partial charge in [0.1, 0.15) is 0 Å². The molecule has 8 nitrogen and oxygen atoms in total.